The summed E-state index contributed by atoms with van der Waals surface area (Å²) < 4.78 is 0. The number of rotatable bonds is 7. The Labute approximate surface area is 141 Å². The molecule has 0 saturated heterocycles. The van der Waals surface area contributed by atoms with E-state index in [-0.39, 0.29) is 11.3 Å². The minimum Gasteiger partial charge on any atom is -0.480 e. The summed E-state index contributed by atoms with van der Waals surface area (Å²) in [6.45, 7) is 3.82. The van der Waals surface area contributed by atoms with E-state index in [4.69, 9.17) is 5.11 Å². The molecule has 0 radical (unpaired) electrons. The average Bonchev–Trinajstić information content (AvgIpc) is 2.48. The normalized spacial score (nSPS) is 15.5. The fourth-order valence-electron chi connectivity index (χ4n) is 3.14. The van der Waals surface area contributed by atoms with Crippen molar-refractivity contribution >= 4 is 23.5 Å². The van der Waals surface area contributed by atoms with Crippen LogP contribution >= 0.6 is 0 Å². The van der Waals surface area contributed by atoms with Gasteiger partial charge in [0.15, 0.2) is 0 Å². The molecule has 3 N–H and O–H groups in total. The summed E-state index contributed by atoms with van der Waals surface area (Å²) in [6, 6.07) is 6.47. The molecule has 0 heterocycles. The van der Waals surface area contributed by atoms with Gasteiger partial charge in [0.25, 0.3) is 5.91 Å². The van der Waals surface area contributed by atoms with Crippen molar-refractivity contribution in [1.82, 2.24) is 5.32 Å². The van der Waals surface area contributed by atoms with Crippen molar-refractivity contribution in [2.45, 2.75) is 39.5 Å². The van der Waals surface area contributed by atoms with Crippen molar-refractivity contribution in [3.05, 3.63) is 29.8 Å². The Kier molecular flexibility index (Phi) is 5.59. The zero-order chi connectivity index (χ0) is 17.7. The monoisotopic (exact) mass is 332 g/mol. The zero-order valence-corrected chi connectivity index (χ0v) is 14.1. The molecular formula is C18H24N2O4. The maximum Gasteiger partial charge on any atom is 0.322 e. The summed E-state index contributed by atoms with van der Waals surface area (Å²) in [4.78, 5) is 34.8. The van der Waals surface area contributed by atoms with Crippen molar-refractivity contribution < 1.29 is 19.5 Å². The number of amides is 2. The third-order valence-corrected chi connectivity index (χ3v) is 4.40. The molecule has 130 valence electrons. The summed E-state index contributed by atoms with van der Waals surface area (Å²) in [6.07, 6.45) is 3.82. The molecule has 1 aromatic rings. The second-order valence-electron chi connectivity index (χ2n) is 6.84. The minimum atomic E-state index is -1.09. The van der Waals surface area contributed by atoms with E-state index in [2.05, 4.69) is 24.5 Å². The number of hydrogen-bond acceptors (Lipinski definition) is 3. The molecule has 24 heavy (non-hydrogen) atoms. The van der Waals surface area contributed by atoms with Gasteiger partial charge in [0.05, 0.1) is 0 Å². The van der Waals surface area contributed by atoms with Crippen LogP contribution in [0, 0.1) is 11.3 Å². The molecule has 2 rings (SSSR count). The fourth-order valence-corrected chi connectivity index (χ4v) is 3.14. The van der Waals surface area contributed by atoms with E-state index in [0.717, 1.165) is 25.7 Å². The lowest BCUT2D eigenvalue weighted by Crippen LogP contribution is -2.42. The summed E-state index contributed by atoms with van der Waals surface area (Å²) in [5.74, 6) is -1.03. The van der Waals surface area contributed by atoms with Crippen molar-refractivity contribution in [2.24, 2.45) is 11.3 Å². The molecule has 1 aliphatic carbocycles. The van der Waals surface area contributed by atoms with Crippen LogP contribution in [0.4, 0.5) is 5.69 Å². The first-order valence-electron chi connectivity index (χ1n) is 8.24. The van der Waals surface area contributed by atoms with Crippen molar-refractivity contribution in [3.8, 4) is 0 Å². The Morgan fingerprint density at radius 2 is 1.79 bits per heavy atom. The van der Waals surface area contributed by atoms with Crippen LogP contribution < -0.4 is 10.6 Å². The molecule has 1 fully saturated rings. The van der Waals surface area contributed by atoms with Crippen LogP contribution in [0.25, 0.3) is 0 Å². The Hall–Kier alpha value is -2.37. The van der Waals surface area contributed by atoms with Gasteiger partial charge in [-0.1, -0.05) is 20.3 Å². The number of benzene rings is 1. The van der Waals surface area contributed by atoms with E-state index in [0.29, 0.717) is 17.2 Å². The molecule has 0 atom stereocenters. The summed E-state index contributed by atoms with van der Waals surface area (Å²) in [5, 5.41) is 13.8. The molecule has 0 unspecified atom stereocenters. The largest absolute Gasteiger partial charge is 0.480 e. The maximum absolute atomic E-state index is 12.6. The number of carbonyl (C=O) groups excluding carboxylic acids is 2. The van der Waals surface area contributed by atoms with Crippen molar-refractivity contribution in [1.29, 1.82) is 0 Å². The molecule has 1 aliphatic rings. The van der Waals surface area contributed by atoms with E-state index in [1.54, 1.807) is 24.3 Å². The molecule has 0 aliphatic heterocycles. The van der Waals surface area contributed by atoms with Crippen LogP contribution in [0.15, 0.2) is 24.3 Å². The molecule has 6 nitrogen and oxygen atoms in total. The zero-order valence-electron chi connectivity index (χ0n) is 14.1. The number of anilines is 1. The predicted octanol–water partition coefficient (Wildman–Crippen LogP) is 2.66. The predicted molar refractivity (Wildman–Crippen MR) is 90.8 cm³/mol. The van der Waals surface area contributed by atoms with Gasteiger partial charge in [0.1, 0.15) is 6.54 Å². The first-order chi connectivity index (χ1) is 11.3. The Balaban J connectivity index is 1.97. The minimum absolute atomic E-state index is 0.0468. The highest BCUT2D eigenvalue weighted by Crippen LogP contribution is 2.46. The highest BCUT2D eigenvalue weighted by Gasteiger charge is 2.44. The van der Waals surface area contributed by atoms with E-state index in [1.165, 1.54) is 0 Å². The van der Waals surface area contributed by atoms with Gasteiger partial charge < -0.3 is 15.7 Å². The molecule has 6 heteroatoms. The summed E-state index contributed by atoms with van der Waals surface area (Å²) >= 11 is 0. The van der Waals surface area contributed by atoms with Crippen LogP contribution in [0.2, 0.25) is 0 Å². The van der Waals surface area contributed by atoms with Crippen LogP contribution in [0.3, 0.4) is 0 Å². The average molecular weight is 332 g/mol. The third-order valence-electron chi connectivity index (χ3n) is 4.40. The quantitative estimate of drug-likeness (QED) is 0.715. The second-order valence-corrected chi connectivity index (χ2v) is 6.84. The Bertz CT molecular complexity index is 618. The van der Waals surface area contributed by atoms with Gasteiger partial charge in [-0.2, -0.15) is 0 Å². The molecule has 1 aromatic carbocycles. The van der Waals surface area contributed by atoms with Gasteiger partial charge in [-0.05, 0) is 49.4 Å². The van der Waals surface area contributed by atoms with E-state index >= 15 is 0 Å². The SMILES string of the molecule is CC(C)CC1(C(=O)Nc2ccc(C(=O)NCC(=O)O)cc2)CCC1. The molecule has 1 saturated carbocycles. The number of carbonyl (C=O) groups is 3. The van der Waals surface area contributed by atoms with Crippen molar-refractivity contribution in [3.63, 3.8) is 0 Å². The number of carboxylic acid groups (broad SMARTS) is 1. The molecule has 0 aromatic heterocycles. The fraction of sp³-hybridized carbons (Fsp3) is 0.500. The van der Waals surface area contributed by atoms with E-state index < -0.39 is 18.4 Å². The van der Waals surface area contributed by atoms with E-state index in [1.807, 2.05) is 0 Å². The van der Waals surface area contributed by atoms with Gasteiger partial charge in [0, 0.05) is 16.7 Å². The van der Waals surface area contributed by atoms with Gasteiger partial charge in [-0.15, -0.1) is 0 Å². The summed E-state index contributed by atoms with van der Waals surface area (Å²) in [5.41, 5.74) is 0.741. The summed E-state index contributed by atoms with van der Waals surface area (Å²) in [7, 11) is 0. The molecule has 2 amide bonds. The highest BCUT2D eigenvalue weighted by molar-refractivity contribution is 5.98. The van der Waals surface area contributed by atoms with Crippen LogP contribution in [0.5, 0.6) is 0 Å². The van der Waals surface area contributed by atoms with Crippen LogP contribution in [0.1, 0.15) is 49.9 Å². The molecular weight excluding hydrogens is 308 g/mol. The Morgan fingerprint density at radius 3 is 2.25 bits per heavy atom. The van der Waals surface area contributed by atoms with E-state index in [9.17, 15) is 14.4 Å². The van der Waals surface area contributed by atoms with Gasteiger partial charge in [0.2, 0.25) is 5.91 Å². The standard InChI is InChI=1S/C18H24N2O4/c1-12(2)10-18(8-3-9-18)17(24)20-14-6-4-13(5-7-14)16(23)19-11-15(21)22/h4-7,12H,3,8-11H2,1-2H3,(H,19,23)(H,20,24)(H,21,22). The van der Waals surface area contributed by atoms with Gasteiger partial charge in [-0.25, -0.2) is 0 Å². The van der Waals surface area contributed by atoms with Crippen LogP contribution in [-0.4, -0.2) is 29.4 Å². The first kappa shape index (κ1) is 18.0. The number of carboxylic acids is 1. The van der Waals surface area contributed by atoms with Gasteiger partial charge in [-0.3, -0.25) is 14.4 Å². The second kappa shape index (κ2) is 7.47. The number of aliphatic carboxylic acids is 1. The Morgan fingerprint density at radius 1 is 1.17 bits per heavy atom. The topological polar surface area (TPSA) is 95.5 Å². The highest BCUT2D eigenvalue weighted by atomic mass is 16.4. The lowest BCUT2D eigenvalue weighted by atomic mass is 9.64. The van der Waals surface area contributed by atoms with Gasteiger partial charge >= 0.3 is 5.97 Å². The number of hydrogen-bond donors (Lipinski definition) is 3. The van der Waals surface area contributed by atoms with Crippen LogP contribution in [-0.2, 0) is 9.59 Å². The maximum atomic E-state index is 12.6. The van der Waals surface area contributed by atoms with Crippen molar-refractivity contribution in [2.75, 3.05) is 11.9 Å². The molecule has 0 spiro atoms. The lowest BCUT2D eigenvalue weighted by molar-refractivity contribution is -0.135. The number of nitrogens with one attached hydrogen (secondary N) is 2. The first-order valence-corrected chi connectivity index (χ1v) is 8.24. The lowest BCUT2D eigenvalue weighted by Gasteiger charge is -2.41. The smallest absolute Gasteiger partial charge is 0.322 e. The third kappa shape index (κ3) is 4.34. The molecule has 0 bridgehead atoms.